The van der Waals surface area contributed by atoms with Gasteiger partial charge in [0.25, 0.3) is 0 Å². The zero-order valence-electron chi connectivity index (χ0n) is 34.5. The molecule has 0 fully saturated rings. The summed E-state index contributed by atoms with van der Waals surface area (Å²) in [6.45, 7) is 0. The van der Waals surface area contributed by atoms with Crippen molar-refractivity contribution in [3.8, 4) is 22.5 Å². The number of benzene rings is 3. The van der Waals surface area contributed by atoms with Crippen molar-refractivity contribution < 1.29 is 77.2 Å². The maximum atomic E-state index is 8.49. The first kappa shape index (κ1) is 49.5. The van der Waals surface area contributed by atoms with Gasteiger partial charge in [-0.3, -0.25) is 9.97 Å². The van der Waals surface area contributed by atoms with Gasteiger partial charge in [0.05, 0.1) is 22.1 Å². The molecule has 0 aliphatic heterocycles. The average Bonchev–Trinajstić information content (AvgIpc) is 3.93. The van der Waals surface area contributed by atoms with Crippen LogP contribution in [0, 0.1) is 20.5 Å². The molecule has 0 radical (unpaired) electrons. The minimum atomic E-state index is -4.94. The second-order valence-corrected chi connectivity index (χ2v) is 15.2. The van der Waals surface area contributed by atoms with Crippen molar-refractivity contribution in [2.75, 3.05) is 10.6 Å². The number of imidazole rings is 1. The van der Waals surface area contributed by atoms with E-state index in [1.165, 1.54) is 22.3 Å². The van der Waals surface area contributed by atoms with Crippen LogP contribution in [0.15, 0.2) is 177 Å². The molecule has 18 nitrogen and oxygen atoms in total. The van der Waals surface area contributed by atoms with Gasteiger partial charge in [0.2, 0.25) is 0 Å². The van der Waals surface area contributed by atoms with Gasteiger partial charge in [-0.2, -0.15) is 0 Å². The maximum Gasteiger partial charge on any atom is 2.00 e. The summed E-state index contributed by atoms with van der Waals surface area (Å²) < 4.78 is 67.9. The number of aromatic nitrogens is 8. The summed E-state index contributed by atoms with van der Waals surface area (Å²) in [5, 5.41) is 8.23. The van der Waals surface area contributed by atoms with Gasteiger partial charge in [0.15, 0.2) is 0 Å². The fourth-order valence-corrected chi connectivity index (χ4v) is 6.76. The van der Waals surface area contributed by atoms with Crippen molar-refractivity contribution in [1.29, 1.82) is 0 Å². The Morgan fingerprint density at radius 2 is 0.836 bits per heavy atom. The molecule has 1 aliphatic rings. The molecule has 7 aromatic heterocycles. The van der Waals surface area contributed by atoms with Crippen LogP contribution < -0.4 is 47.9 Å². The monoisotopic (exact) mass is 1030 g/mol. The number of hydrogen-bond acceptors (Lipinski definition) is 17. The van der Waals surface area contributed by atoms with Crippen molar-refractivity contribution >= 4 is 56.1 Å². The maximum absolute atomic E-state index is 8.49. The zero-order chi connectivity index (χ0) is 46.5. The van der Waals surface area contributed by atoms with Gasteiger partial charge in [-0.15, -0.1) is 20.5 Å². The topological polar surface area (TPSA) is 315 Å². The molecule has 0 spiro atoms. The summed E-state index contributed by atoms with van der Waals surface area (Å²) in [6, 6.07) is 46.2. The molecule has 0 bridgehead atoms. The number of anilines is 4. The molecule has 7 heterocycles. The molecular formula is C46H34Cl2N10O8Ru. The number of nitrogens with one attached hydrogen (secondary N) is 3. The summed E-state index contributed by atoms with van der Waals surface area (Å²) in [5.74, 6) is 4.10. The van der Waals surface area contributed by atoms with Gasteiger partial charge in [0.1, 0.15) is 29.1 Å². The summed E-state index contributed by atoms with van der Waals surface area (Å²) in [7, 11) is -9.89. The largest absolute Gasteiger partial charge is 2.00 e. The van der Waals surface area contributed by atoms with E-state index in [-0.39, 0.29) is 19.5 Å². The van der Waals surface area contributed by atoms with Gasteiger partial charge in [0, 0.05) is 53.5 Å². The Kier molecular flexibility index (Phi) is 17.0. The number of nitrogens with zero attached hydrogens (tertiary/aromatic N) is 7. The molecule has 0 unspecified atom stereocenters. The Morgan fingerprint density at radius 1 is 0.418 bits per heavy atom. The third-order valence-electron chi connectivity index (χ3n) is 9.31. The summed E-state index contributed by atoms with van der Waals surface area (Å²) in [6.07, 6.45) is 11.6. The van der Waals surface area contributed by atoms with Gasteiger partial charge < -0.3 is 15.6 Å². The second-order valence-electron chi connectivity index (χ2n) is 13.7. The van der Waals surface area contributed by atoms with E-state index >= 15 is 0 Å². The molecule has 10 aromatic rings. The molecule has 0 saturated heterocycles. The molecule has 11 rings (SSSR count). The number of rotatable bonds is 5. The first-order valence-electron chi connectivity index (χ1n) is 19.4. The molecule has 21 heteroatoms. The van der Waals surface area contributed by atoms with Gasteiger partial charge in [-0.1, -0.05) is 60.7 Å². The van der Waals surface area contributed by atoms with E-state index < -0.39 is 20.5 Å². The zero-order valence-corrected chi connectivity index (χ0v) is 37.7. The van der Waals surface area contributed by atoms with Crippen molar-refractivity contribution in [2.24, 2.45) is 0 Å². The fraction of sp³-hybridized carbons (Fsp3) is 0.0217. The van der Waals surface area contributed by atoms with Crippen LogP contribution in [0.1, 0.15) is 11.1 Å². The molecule has 1 aliphatic carbocycles. The molecule has 0 saturated carbocycles. The Bertz CT molecular complexity index is 2890. The van der Waals surface area contributed by atoms with Crippen molar-refractivity contribution in [3.63, 3.8) is 0 Å². The van der Waals surface area contributed by atoms with Crippen molar-refractivity contribution in [2.45, 2.75) is 6.42 Å². The van der Waals surface area contributed by atoms with Crippen molar-refractivity contribution in [3.05, 3.63) is 188 Å². The predicted molar refractivity (Wildman–Crippen MR) is 224 cm³/mol. The molecule has 0 amide bonds. The molecule has 3 aromatic carbocycles. The molecule has 0 atom stereocenters. The smallest absolute Gasteiger partial charge is 0.337 e. The normalized spacial score (nSPS) is 11.1. The number of pyridine rings is 6. The number of fused-ring (bicyclic) bond motifs is 9. The van der Waals surface area contributed by atoms with Crippen LogP contribution in [0.2, 0.25) is 0 Å². The summed E-state index contributed by atoms with van der Waals surface area (Å²) >= 11 is 0. The van der Waals surface area contributed by atoms with E-state index in [9.17, 15) is 0 Å². The van der Waals surface area contributed by atoms with E-state index in [0.29, 0.717) is 0 Å². The van der Waals surface area contributed by atoms with Gasteiger partial charge in [-0.25, -0.2) is 62.2 Å². The predicted octanol–water partition coefficient (Wildman–Crippen LogP) is 0.823. The first-order chi connectivity index (χ1) is 31.8. The van der Waals surface area contributed by atoms with E-state index in [1.807, 2.05) is 97.3 Å². The average molecular weight is 1030 g/mol. The Balaban J connectivity index is 0.000000167. The Labute approximate surface area is 398 Å². The van der Waals surface area contributed by atoms with Crippen LogP contribution in [0.25, 0.3) is 55.4 Å². The van der Waals surface area contributed by atoms with Gasteiger partial charge >= 0.3 is 19.5 Å². The van der Waals surface area contributed by atoms with Crippen LogP contribution in [0.3, 0.4) is 0 Å². The number of aromatic amines is 1. The second kappa shape index (κ2) is 23.0. The Morgan fingerprint density at radius 3 is 1.31 bits per heavy atom. The number of halogens is 2. The summed E-state index contributed by atoms with van der Waals surface area (Å²) in [5.41, 5.74) is 10.2. The molecule has 67 heavy (non-hydrogen) atoms. The van der Waals surface area contributed by atoms with E-state index in [4.69, 9.17) is 42.3 Å². The molecule has 338 valence electrons. The molecule has 3 N–H and O–H groups in total. The Hall–Kier alpha value is -6.97. The van der Waals surface area contributed by atoms with E-state index in [1.54, 1.807) is 24.8 Å². The van der Waals surface area contributed by atoms with E-state index in [2.05, 4.69) is 100 Å². The minimum Gasteiger partial charge on any atom is -0.337 e. The SMILES string of the molecule is [O-][Cl+3]([O-])([O-])[O-].[O-][Cl+3]([O-])([O-])[O-].[Ru+2].c1ccc(Nc2ccccn2)nc1.c1ccc(Nc2ccccn2)nc1.c1ccc2c(c1)Cc1ccc(-c3nc4c5cccnc5c5ncccc5c4[nH]3)cc1-2. The van der Waals surface area contributed by atoms with E-state index in [0.717, 1.165) is 73.9 Å². The molecular weight excluding hydrogens is 993 g/mol. The van der Waals surface area contributed by atoms with Crippen LogP contribution in [-0.4, -0.2) is 39.9 Å². The van der Waals surface area contributed by atoms with Crippen LogP contribution in [0.5, 0.6) is 0 Å². The van der Waals surface area contributed by atoms with Crippen LogP contribution in [0.4, 0.5) is 23.3 Å². The van der Waals surface area contributed by atoms with Gasteiger partial charge in [-0.05, 0) is 108 Å². The fourth-order valence-electron chi connectivity index (χ4n) is 6.76. The minimum absolute atomic E-state index is 0. The van der Waals surface area contributed by atoms with Crippen LogP contribution in [-0.2, 0) is 25.9 Å². The standard InChI is InChI=1S/C26H16N4.2C10H9N3.2ClHO4.Ru/c1-2-6-18-15(5-1)13-16-9-10-17(14-21(16)18)26-29-24-19-7-3-11-27-22(19)23-20(25(24)30-26)8-4-12-28-23;2*1-3-7-11-9(5-1)13-10-6-2-4-8-12-10;2*2-1(3,4)5;/h1-12,14H,13H2,(H,29,30);2*1-8H,(H,11,12,13);2*(H,2,3,4,5);/q;;;;;+2/p-2. The number of hydrogen-bond donors (Lipinski definition) is 3. The quantitative estimate of drug-likeness (QED) is 0.159. The first-order valence-corrected chi connectivity index (χ1v) is 21.9. The van der Waals surface area contributed by atoms with Crippen LogP contribution >= 0.6 is 0 Å². The summed E-state index contributed by atoms with van der Waals surface area (Å²) in [4.78, 5) is 34.3. The van der Waals surface area contributed by atoms with Crippen molar-refractivity contribution in [1.82, 2.24) is 39.9 Å². The third kappa shape index (κ3) is 14.5. The number of H-pyrrole nitrogens is 1. The third-order valence-corrected chi connectivity index (χ3v) is 9.31.